The third-order valence-electron chi connectivity index (χ3n) is 2.88. The van der Waals surface area contributed by atoms with Crippen LogP contribution in [0.25, 0.3) is 0 Å². The van der Waals surface area contributed by atoms with Gasteiger partial charge in [0.1, 0.15) is 17.2 Å². The normalized spacial score (nSPS) is 10.2. The van der Waals surface area contributed by atoms with E-state index in [0.717, 1.165) is 0 Å². The number of alkyl halides is 1. The lowest BCUT2D eigenvalue weighted by Crippen LogP contribution is -2.07. The first-order valence-electron chi connectivity index (χ1n) is 7.45. The van der Waals surface area contributed by atoms with Gasteiger partial charge in [0, 0.05) is 0 Å². The Balaban J connectivity index is 0.00000109. The molecule has 3 aromatic rings. The summed E-state index contributed by atoms with van der Waals surface area (Å²) in [6.45, 7) is 0. The molecule has 0 aliphatic heterocycles. The highest BCUT2D eigenvalue weighted by atomic mass is 127. The van der Waals surface area contributed by atoms with Crippen molar-refractivity contribution in [3.63, 3.8) is 0 Å². The predicted octanol–water partition coefficient (Wildman–Crippen LogP) is 6.38. The molecule has 0 saturated heterocycles. The lowest BCUT2D eigenvalue weighted by molar-refractivity contribution is 0.298. The molecule has 0 radical (unpaired) electrons. The van der Waals surface area contributed by atoms with Gasteiger partial charge in [0.2, 0.25) is 0 Å². The van der Waals surface area contributed by atoms with E-state index in [2.05, 4.69) is 22.6 Å². The summed E-state index contributed by atoms with van der Waals surface area (Å²) in [5.41, 5.74) is 0. The van der Waals surface area contributed by atoms with Crippen molar-refractivity contribution in [2.75, 3.05) is 4.93 Å². The van der Waals surface area contributed by atoms with Crippen LogP contribution in [-0.4, -0.2) is 4.93 Å². The second-order valence-electron chi connectivity index (χ2n) is 4.66. The first kappa shape index (κ1) is 19.3. The van der Waals surface area contributed by atoms with Gasteiger partial charge >= 0.3 is 7.82 Å². The maximum atomic E-state index is 13.1. The molecule has 0 bridgehead atoms. The molecule has 0 unspecified atom stereocenters. The third kappa shape index (κ3) is 6.44. The number of para-hydroxylation sites is 3. The molecular weight excluding hydrogens is 450 g/mol. The van der Waals surface area contributed by atoms with Gasteiger partial charge in [0.05, 0.1) is 0 Å². The van der Waals surface area contributed by atoms with Crippen LogP contribution >= 0.6 is 30.4 Å². The fourth-order valence-corrected chi connectivity index (χ4v) is 3.14. The highest BCUT2D eigenvalue weighted by Gasteiger charge is 2.33. The highest BCUT2D eigenvalue weighted by molar-refractivity contribution is 14.1. The summed E-state index contributed by atoms with van der Waals surface area (Å²) in [5, 5.41) is 0. The van der Waals surface area contributed by atoms with E-state index in [0.29, 0.717) is 17.2 Å². The van der Waals surface area contributed by atoms with Gasteiger partial charge in [0.25, 0.3) is 0 Å². The second kappa shape index (κ2) is 10.1. The van der Waals surface area contributed by atoms with Crippen molar-refractivity contribution in [1.82, 2.24) is 0 Å². The van der Waals surface area contributed by atoms with Gasteiger partial charge in [-0.15, -0.1) is 0 Å². The number of benzene rings is 3. The zero-order valence-corrected chi connectivity index (χ0v) is 16.7. The summed E-state index contributed by atoms with van der Waals surface area (Å²) < 4.78 is 29.6. The Morgan fingerprint density at radius 3 is 1.04 bits per heavy atom. The van der Waals surface area contributed by atoms with E-state index in [4.69, 9.17) is 13.6 Å². The monoisotopic (exact) mass is 468 g/mol. The van der Waals surface area contributed by atoms with Crippen LogP contribution in [0.3, 0.4) is 0 Å². The van der Waals surface area contributed by atoms with E-state index in [1.165, 1.54) is 0 Å². The molecule has 130 valence electrons. The van der Waals surface area contributed by atoms with Gasteiger partial charge in [-0.1, -0.05) is 77.2 Å². The molecule has 0 aromatic heterocycles. The van der Waals surface area contributed by atoms with E-state index in [-0.39, 0.29) is 0 Å². The van der Waals surface area contributed by atoms with Gasteiger partial charge in [0.15, 0.2) is 0 Å². The number of phosphoric ester groups is 1. The summed E-state index contributed by atoms with van der Waals surface area (Å²) >= 11 is 2.15. The molecule has 0 aliphatic carbocycles. The molecule has 0 heterocycles. The van der Waals surface area contributed by atoms with Crippen molar-refractivity contribution in [1.29, 1.82) is 0 Å². The Morgan fingerprint density at radius 1 is 0.560 bits per heavy atom. The largest absolute Gasteiger partial charge is 0.647 e. The Bertz CT molecular complexity index is 674. The minimum atomic E-state index is -3.89. The van der Waals surface area contributed by atoms with Gasteiger partial charge < -0.3 is 13.6 Å². The first-order chi connectivity index (χ1) is 12.2. The third-order valence-corrected chi connectivity index (χ3v) is 4.18. The quantitative estimate of drug-likeness (QED) is 0.239. The number of hydrogen-bond acceptors (Lipinski definition) is 4. The molecule has 25 heavy (non-hydrogen) atoms. The van der Waals surface area contributed by atoms with Crippen molar-refractivity contribution < 1.29 is 18.1 Å². The maximum Gasteiger partial charge on any atom is 0.647 e. The van der Waals surface area contributed by atoms with E-state index in [9.17, 15) is 4.57 Å². The minimum absolute atomic E-state index is 0.405. The molecule has 0 aliphatic rings. The van der Waals surface area contributed by atoms with Gasteiger partial charge in [-0.05, 0) is 41.3 Å². The summed E-state index contributed by atoms with van der Waals surface area (Å²) in [6.07, 6.45) is 0. The fraction of sp³-hybridized carbons (Fsp3) is 0.0526. The van der Waals surface area contributed by atoms with Crippen molar-refractivity contribution in [3.8, 4) is 17.2 Å². The average Bonchev–Trinajstić information content (AvgIpc) is 2.65. The summed E-state index contributed by atoms with van der Waals surface area (Å²) in [4.78, 5) is 1.97. The van der Waals surface area contributed by atoms with E-state index >= 15 is 0 Å². The molecule has 0 amide bonds. The molecular formula is C19H18IO4P. The SMILES string of the molecule is CI.O=P(Oc1ccccc1)(Oc1ccccc1)Oc1ccccc1. The maximum absolute atomic E-state index is 13.1. The fourth-order valence-electron chi connectivity index (χ4n) is 1.89. The topological polar surface area (TPSA) is 44.8 Å². The molecule has 0 fully saturated rings. The van der Waals surface area contributed by atoms with E-state index in [1.54, 1.807) is 72.8 Å². The second-order valence-corrected chi connectivity index (χ2v) is 6.10. The van der Waals surface area contributed by atoms with Crippen LogP contribution in [0.15, 0.2) is 91.0 Å². The predicted molar refractivity (Wildman–Crippen MR) is 109 cm³/mol. The Kier molecular flexibility index (Phi) is 7.82. The van der Waals surface area contributed by atoms with Crippen molar-refractivity contribution in [2.45, 2.75) is 0 Å². The number of halogens is 1. The molecule has 0 saturated carbocycles. The smallest absolute Gasteiger partial charge is 0.386 e. The molecule has 6 heteroatoms. The standard InChI is InChI=1S/C18H15O4P.CH3I/c19-23(20-16-10-4-1-5-11-16,21-17-12-6-2-7-13-17)22-18-14-8-3-9-15-18;1-2/h1-15H;1H3. The highest BCUT2D eigenvalue weighted by Crippen LogP contribution is 2.49. The van der Waals surface area contributed by atoms with Crippen LogP contribution in [0.1, 0.15) is 0 Å². The summed E-state index contributed by atoms with van der Waals surface area (Å²) in [7, 11) is -3.89. The number of rotatable bonds is 6. The average molecular weight is 468 g/mol. The number of phosphoric acid groups is 1. The Morgan fingerprint density at radius 2 is 0.800 bits per heavy atom. The zero-order chi connectivity index (χ0) is 18.0. The Labute approximate surface area is 161 Å². The summed E-state index contributed by atoms with van der Waals surface area (Å²) in [6, 6.07) is 26.4. The molecule has 3 aromatic carbocycles. The first-order valence-corrected chi connectivity index (χ1v) is 11.1. The van der Waals surface area contributed by atoms with Gasteiger partial charge in [-0.3, -0.25) is 0 Å². The van der Waals surface area contributed by atoms with Crippen LogP contribution in [0.2, 0.25) is 0 Å². The van der Waals surface area contributed by atoms with Crippen LogP contribution in [0, 0.1) is 0 Å². The van der Waals surface area contributed by atoms with Crippen LogP contribution in [-0.2, 0) is 4.57 Å². The van der Waals surface area contributed by atoms with E-state index < -0.39 is 7.82 Å². The molecule has 3 rings (SSSR count). The van der Waals surface area contributed by atoms with Crippen molar-refractivity contribution >= 4 is 30.4 Å². The molecule has 0 atom stereocenters. The van der Waals surface area contributed by atoms with Crippen LogP contribution < -0.4 is 13.6 Å². The van der Waals surface area contributed by atoms with E-state index in [1.807, 2.05) is 23.1 Å². The zero-order valence-electron chi connectivity index (χ0n) is 13.6. The van der Waals surface area contributed by atoms with Crippen molar-refractivity contribution in [3.05, 3.63) is 91.0 Å². The Hall–Kier alpha value is -1.98. The molecule has 0 spiro atoms. The number of hydrogen-bond donors (Lipinski definition) is 0. The molecule has 4 nitrogen and oxygen atoms in total. The lowest BCUT2D eigenvalue weighted by Gasteiger charge is -2.19. The van der Waals surface area contributed by atoms with Crippen molar-refractivity contribution in [2.24, 2.45) is 0 Å². The minimum Gasteiger partial charge on any atom is -0.386 e. The molecule has 0 N–H and O–H groups in total. The van der Waals surface area contributed by atoms with Gasteiger partial charge in [-0.25, -0.2) is 0 Å². The van der Waals surface area contributed by atoms with Gasteiger partial charge in [-0.2, -0.15) is 4.57 Å². The van der Waals surface area contributed by atoms with Crippen LogP contribution in [0.5, 0.6) is 17.2 Å². The summed E-state index contributed by atoms with van der Waals surface area (Å²) in [5.74, 6) is 1.22. The lowest BCUT2D eigenvalue weighted by atomic mass is 10.3. The van der Waals surface area contributed by atoms with Crippen LogP contribution in [0.4, 0.5) is 0 Å².